The molecular formula is C12H16FN2S+. The van der Waals surface area contributed by atoms with Gasteiger partial charge in [-0.3, -0.25) is 0 Å². The van der Waals surface area contributed by atoms with Crippen LogP contribution in [0.5, 0.6) is 0 Å². The number of quaternary nitrogens is 1. The molecule has 0 bridgehead atoms. The first kappa shape index (κ1) is 11.5. The Morgan fingerprint density at radius 1 is 1.25 bits per heavy atom. The molecule has 16 heavy (non-hydrogen) atoms. The molecule has 1 heterocycles. The van der Waals surface area contributed by atoms with Gasteiger partial charge in [-0.25, -0.2) is 4.39 Å². The number of hydrogen-bond acceptors (Lipinski definition) is 1. The predicted molar refractivity (Wildman–Crippen MR) is 66.3 cm³/mol. The Balaban J connectivity index is 2.05. The quantitative estimate of drug-likeness (QED) is 0.707. The van der Waals surface area contributed by atoms with Gasteiger partial charge < -0.3 is 9.80 Å². The first-order valence-electron chi connectivity index (χ1n) is 5.53. The molecule has 1 aromatic rings. The third-order valence-electron chi connectivity index (χ3n) is 3.00. The standard InChI is InChI=1S/C12H15FN2S/c1-14-6-8-15(9-7-14)12(16)10-2-4-11(13)5-3-10/h2-5H,6-9H2,1H3/p+1. The molecule has 86 valence electrons. The number of thiocarbonyl (C=S) groups is 1. The Bertz CT molecular complexity index is 369. The van der Waals surface area contributed by atoms with Crippen molar-refractivity contribution in [3.05, 3.63) is 35.6 Å². The van der Waals surface area contributed by atoms with E-state index in [0.29, 0.717) is 0 Å². The third kappa shape index (κ3) is 2.57. The molecule has 0 unspecified atom stereocenters. The molecule has 4 heteroatoms. The smallest absolute Gasteiger partial charge is 0.123 e. The van der Waals surface area contributed by atoms with Crippen LogP contribution in [-0.2, 0) is 0 Å². The molecule has 0 atom stereocenters. The second kappa shape index (κ2) is 4.89. The summed E-state index contributed by atoms with van der Waals surface area (Å²) < 4.78 is 12.8. The van der Waals surface area contributed by atoms with E-state index < -0.39 is 0 Å². The van der Waals surface area contributed by atoms with Crippen LogP contribution in [0.2, 0.25) is 0 Å². The highest BCUT2D eigenvalue weighted by Gasteiger charge is 2.19. The SMILES string of the molecule is C[NH+]1CCN(C(=S)c2ccc(F)cc2)CC1. The summed E-state index contributed by atoms with van der Waals surface area (Å²) in [5.41, 5.74) is 0.941. The summed E-state index contributed by atoms with van der Waals surface area (Å²) in [5, 5.41) is 0. The molecule has 2 nitrogen and oxygen atoms in total. The maximum atomic E-state index is 12.8. The lowest BCUT2D eigenvalue weighted by atomic mass is 10.2. The van der Waals surface area contributed by atoms with Crippen LogP contribution in [0.25, 0.3) is 0 Å². The van der Waals surface area contributed by atoms with Gasteiger partial charge in [0.05, 0.1) is 33.2 Å². The van der Waals surface area contributed by atoms with Gasteiger partial charge in [0.15, 0.2) is 0 Å². The van der Waals surface area contributed by atoms with Crippen LogP contribution in [0.1, 0.15) is 5.56 Å². The van der Waals surface area contributed by atoms with Crippen LogP contribution < -0.4 is 4.90 Å². The highest BCUT2D eigenvalue weighted by molar-refractivity contribution is 7.80. The second-order valence-electron chi connectivity index (χ2n) is 4.26. The normalized spacial score (nSPS) is 17.5. The molecule has 1 N–H and O–H groups in total. The third-order valence-corrected chi connectivity index (χ3v) is 3.49. The lowest BCUT2D eigenvalue weighted by Gasteiger charge is -2.32. The average molecular weight is 239 g/mol. The number of likely N-dealkylation sites (N-methyl/N-ethyl adjacent to an activating group) is 1. The van der Waals surface area contributed by atoms with Crippen molar-refractivity contribution < 1.29 is 9.29 Å². The van der Waals surface area contributed by atoms with E-state index in [1.807, 2.05) is 0 Å². The highest BCUT2D eigenvalue weighted by atomic mass is 32.1. The van der Waals surface area contributed by atoms with Crippen LogP contribution in [0.15, 0.2) is 24.3 Å². The van der Waals surface area contributed by atoms with E-state index in [4.69, 9.17) is 12.2 Å². The number of nitrogens with zero attached hydrogens (tertiary/aromatic N) is 1. The Kier molecular flexibility index (Phi) is 3.51. The molecule has 1 saturated heterocycles. The molecule has 0 radical (unpaired) electrons. The molecule has 1 fully saturated rings. The number of rotatable bonds is 1. The first-order valence-corrected chi connectivity index (χ1v) is 5.94. The molecule has 0 spiro atoms. The Morgan fingerprint density at radius 2 is 1.81 bits per heavy atom. The Morgan fingerprint density at radius 3 is 2.38 bits per heavy atom. The van der Waals surface area contributed by atoms with E-state index in [0.717, 1.165) is 36.7 Å². The van der Waals surface area contributed by atoms with Crippen molar-refractivity contribution in [2.45, 2.75) is 0 Å². The summed E-state index contributed by atoms with van der Waals surface area (Å²) in [7, 11) is 2.19. The van der Waals surface area contributed by atoms with Crippen molar-refractivity contribution in [1.82, 2.24) is 4.90 Å². The molecule has 2 rings (SSSR count). The second-order valence-corrected chi connectivity index (χ2v) is 4.64. The summed E-state index contributed by atoms with van der Waals surface area (Å²) in [5.74, 6) is -0.214. The Labute approximate surface area is 101 Å². The van der Waals surface area contributed by atoms with Crippen molar-refractivity contribution in [2.75, 3.05) is 33.2 Å². The van der Waals surface area contributed by atoms with Crippen LogP contribution in [-0.4, -0.2) is 43.1 Å². The maximum Gasteiger partial charge on any atom is 0.123 e. The number of hydrogen-bond donors (Lipinski definition) is 1. The molecule has 0 aliphatic carbocycles. The molecule has 0 saturated carbocycles. The van der Waals surface area contributed by atoms with Crippen LogP contribution >= 0.6 is 12.2 Å². The molecule has 1 aromatic carbocycles. The molecule has 0 aromatic heterocycles. The van der Waals surface area contributed by atoms with Gasteiger partial charge in [-0.2, -0.15) is 0 Å². The van der Waals surface area contributed by atoms with Crippen molar-refractivity contribution in [3.63, 3.8) is 0 Å². The van der Waals surface area contributed by atoms with E-state index in [1.165, 1.54) is 17.0 Å². The van der Waals surface area contributed by atoms with Crippen LogP contribution in [0.4, 0.5) is 4.39 Å². The summed E-state index contributed by atoms with van der Waals surface area (Å²) in [6.07, 6.45) is 0. The first-order chi connectivity index (χ1) is 7.66. The van der Waals surface area contributed by atoms with Gasteiger partial charge in [0, 0.05) is 5.56 Å². The predicted octanol–water partition coefficient (Wildman–Crippen LogP) is 0.332. The lowest BCUT2D eigenvalue weighted by Crippen LogP contribution is -3.12. The van der Waals surface area contributed by atoms with Crippen molar-refractivity contribution in [3.8, 4) is 0 Å². The maximum absolute atomic E-state index is 12.8. The highest BCUT2D eigenvalue weighted by Crippen LogP contribution is 2.08. The zero-order chi connectivity index (χ0) is 11.5. The van der Waals surface area contributed by atoms with Gasteiger partial charge in [-0.05, 0) is 24.3 Å². The Hall–Kier alpha value is -1.00. The van der Waals surface area contributed by atoms with Crippen LogP contribution in [0, 0.1) is 5.82 Å². The zero-order valence-corrected chi connectivity index (χ0v) is 10.2. The van der Waals surface area contributed by atoms with Gasteiger partial charge >= 0.3 is 0 Å². The largest absolute Gasteiger partial charge is 0.351 e. The minimum absolute atomic E-state index is 0.214. The van der Waals surface area contributed by atoms with Crippen LogP contribution in [0.3, 0.4) is 0 Å². The molecular weight excluding hydrogens is 223 g/mol. The average Bonchev–Trinajstić information content (AvgIpc) is 2.30. The number of piperazine rings is 1. The van der Waals surface area contributed by atoms with Gasteiger partial charge in [-0.15, -0.1) is 0 Å². The minimum Gasteiger partial charge on any atom is -0.351 e. The van der Waals surface area contributed by atoms with E-state index in [-0.39, 0.29) is 5.82 Å². The summed E-state index contributed by atoms with van der Waals surface area (Å²) in [6.45, 7) is 4.20. The topological polar surface area (TPSA) is 7.68 Å². The minimum atomic E-state index is -0.214. The zero-order valence-electron chi connectivity index (χ0n) is 9.37. The van der Waals surface area contributed by atoms with Gasteiger partial charge in [0.1, 0.15) is 10.8 Å². The van der Waals surface area contributed by atoms with E-state index in [2.05, 4.69) is 11.9 Å². The van der Waals surface area contributed by atoms with E-state index >= 15 is 0 Å². The fourth-order valence-electron chi connectivity index (χ4n) is 1.87. The molecule has 1 aliphatic rings. The molecule has 0 amide bonds. The van der Waals surface area contributed by atoms with Gasteiger partial charge in [0.25, 0.3) is 0 Å². The van der Waals surface area contributed by atoms with Crippen molar-refractivity contribution in [1.29, 1.82) is 0 Å². The summed E-state index contributed by atoms with van der Waals surface area (Å²) in [6, 6.07) is 6.43. The summed E-state index contributed by atoms with van der Waals surface area (Å²) >= 11 is 5.42. The lowest BCUT2D eigenvalue weighted by molar-refractivity contribution is -0.883. The monoisotopic (exact) mass is 239 g/mol. The van der Waals surface area contributed by atoms with E-state index in [9.17, 15) is 4.39 Å². The van der Waals surface area contributed by atoms with E-state index in [1.54, 1.807) is 12.1 Å². The van der Waals surface area contributed by atoms with Gasteiger partial charge in [0.2, 0.25) is 0 Å². The molecule has 1 aliphatic heterocycles. The fourth-order valence-corrected chi connectivity index (χ4v) is 2.19. The van der Waals surface area contributed by atoms with Crippen molar-refractivity contribution in [2.24, 2.45) is 0 Å². The van der Waals surface area contributed by atoms with Crippen molar-refractivity contribution >= 4 is 17.2 Å². The fraction of sp³-hybridized carbons (Fsp3) is 0.417. The number of nitrogens with one attached hydrogen (secondary N) is 1. The summed E-state index contributed by atoms with van der Waals surface area (Å²) in [4.78, 5) is 4.58. The number of halogens is 1. The van der Waals surface area contributed by atoms with Gasteiger partial charge in [-0.1, -0.05) is 12.2 Å². The number of benzene rings is 1.